The largest absolute Gasteiger partial charge is 0.463 e. The lowest BCUT2D eigenvalue weighted by Gasteiger charge is -2.13. The van der Waals surface area contributed by atoms with E-state index < -0.39 is 0 Å². The predicted molar refractivity (Wildman–Crippen MR) is 135 cm³/mol. The summed E-state index contributed by atoms with van der Waals surface area (Å²) in [6.07, 6.45) is 5.07. The molecule has 36 heavy (non-hydrogen) atoms. The van der Waals surface area contributed by atoms with Gasteiger partial charge in [-0.2, -0.15) is 0 Å². The van der Waals surface area contributed by atoms with Crippen LogP contribution in [0.5, 0.6) is 0 Å². The van der Waals surface area contributed by atoms with E-state index in [9.17, 15) is 9.59 Å². The molecule has 0 radical (unpaired) electrons. The molecule has 0 aliphatic heterocycles. The molecule has 0 fully saturated rings. The number of hydrogen-bond donors (Lipinski definition) is 0. The molecule has 0 aromatic rings. The Morgan fingerprint density at radius 3 is 1.28 bits per heavy atom. The zero-order chi connectivity index (χ0) is 26.5. The molecule has 0 saturated carbocycles. The molecule has 0 aromatic heterocycles. The van der Waals surface area contributed by atoms with Crippen molar-refractivity contribution in [3.63, 3.8) is 0 Å². The summed E-state index contributed by atoms with van der Waals surface area (Å²) >= 11 is 0. The van der Waals surface area contributed by atoms with Gasteiger partial charge in [-0.05, 0) is 19.3 Å². The Kier molecular flexibility index (Phi) is 27.3. The van der Waals surface area contributed by atoms with Crippen molar-refractivity contribution in [2.75, 3.05) is 92.5 Å². The smallest absolute Gasteiger partial charge is 0.308 e. The standard InChI is InChI=1S/C26H50O10/c1-4-7-9-24(6-3)26(28)36-23-21-34-19-17-32-15-13-30-11-10-29-12-14-31-16-18-33-20-22-35-25(27)8-5-2/h24H,4-23H2,1-3H3. The second-order valence-electron chi connectivity index (χ2n) is 8.06. The summed E-state index contributed by atoms with van der Waals surface area (Å²) in [7, 11) is 0. The first-order chi connectivity index (χ1) is 17.7. The zero-order valence-electron chi connectivity index (χ0n) is 22.8. The Hall–Kier alpha value is -1.30. The highest BCUT2D eigenvalue weighted by atomic mass is 16.6. The Morgan fingerprint density at radius 1 is 0.528 bits per heavy atom. The highest BCUT2D eigenvalue weighted by Crippen LogP contribution is 2.14. The summed E-state index contributed by atoms with van der Waals surface area (Å²) in [6, 6.07) is 0. The fourth-order valence-corrected chi connectivity index (χ4v) is 2.95. The van der Waals surface area contributed by atoms with Gasteiger partial charge < -0.3 is 37.9 Å². The van der Waals surface area contributed by atoms with E-state index in [1.165, 1.54) is 0 Å². The normalized spacial score (nSPS) is 12.0. The molecule has 0 bridgehead atoms. The van der Waals surface area contributed by atoms with Gasteiger partial charge in [0.2, 0.25) is 0 Å². The van der Waals surface area contributed by atoms with Gasteiger partial charge in [0, 0.05) is 6.42 Å². The number of hydrogen-bond acceptors (Lipinski definition) is 10. The van der Waals surface area contributed by atoms with E-state index in [4.69, 9.17) is 37.9 Å². The molecule has 1 unspecified atom stereocenters. The minimum absolute atomic E-state index is 0.00133. The molecule has 0 N–H and O–H groups in total. The fourth-order valence-electron chi connectivity index (χ4n) is 2.95. The molecule has 1 atom stereocenters. The molecule has 0 amide bonds. The molecule has 214 valence electrons. The van der Waals surface area contributed by atoms with Crippen molar-refractivity contribution in [2.45, 2.75) is 59.3 Å². The lowest BCUT2D eigenvalue weighted by Crippen LogP contribution is -2.20. The summed E-state index contributed by atoms with van der Waals surface area (Å²) in [4.78, 5) is 23.1. The number of unbranched alkanes of at least 4 members (excludes halogenated alkanes) is 1. The Bertz CT molecular complexity index is 489. The van der Waals surface area contributed by atoms with Crippen LogP contribution < -0.4 is 0 Å². The van der Waals surface area contributed by atoms with Gasteiger partial charge in [0.15, 0.2) is 0 Å². The summed E-state index contributed by atoms with van der Waals surface area (Å²) < 4.78 is 42.7. The number of carbonyl (C=O) groups is 2. The van der Waals surface area contributed by atoms with Crippen LogP contribution in [0.15, 0.2) is 0 Å². The zero-order valence-corrected chi connectivity index (χ0v) is 22.8. The van der Waals surface area contributed by atoms with Crippen molar-refractivity contribution in [1.29, 1.82) is 0 Å². The first kappa shape index (κ1) is 34.7. The van der Waals surface area contributed by atoms with Gasteiger partial charge in [-0.1, -0.05) is 33.6 Å². The van der Waals surface area contributed by atoms with Crippen LogP contribution in [-0.2, 0) is 47.5 Å². The van der Waals surface area contributed by atoms with Gasteiger partial charge in [-0.3, -0.25) is 9.59 Å². The first-order valence-electron chi connectivity index (χ1n) is 13.4. The molecule has 10 nitrogen and oxygen atoms in total. The fraction of sp³-hybridized carbons (Fsp3) is 0.923. The third-order valence-corrected chi connectivity index (χ3v) is 5.01. The van der Waals surface area contributed by atoms with Crippen LogP contribution in [0.3, 0.4) is 0 Å². The third-order valence-electron chi connectivity index (χ3n) is 5.01. The highest BCUT2D eigenvalue weighted by Gasteiger charge is 2.16. The molecular formula is C26H50O10. The van der Waals surface area contributed by atoms with Crippen LogP contribution in [0.1, 0.15) is 59.3 Å². The van der Waals surface area contributed by atoms with Gasteiger partial charge in [0.25, 0.3) is 0 Å². The minimum atomic E-state index is -0.189. The van der Waals surface area contributed by atoms with E-state index in [2.05, 4.69) is 6.92 Å². The molecule has 0 saturated heterocycles. The van der Waals surface area contributed by atoms with Crippen molar-refractivity contribution >= 4 is 11.9 Å². The van der Waals surface area contributed by atoms with Crippen LogP contribution in [0, 0.1) is 5.92 Å². The van der Waals surface area contributed by atoms with Crippen LogP contribution in [-0.4, -0.2) is 104 Å². The van der Waals surface area contributed by atoms with Crippen LogP contribution >= 0.6 is 0 Å². The maximum atomic E-state index is 12.0. The third kappa shape index (κ3) is 24.4. The van der Waals surface area contributed by atoms with E-state index in [1.54, 1.807) is 0 Å². The highest BCUT2D eigenvalue weighted by molar-refractivity contribution is 5.72. The average molecular weight is 523 g/mol. The van der Waals surface area contributed by atoms with Gasteiger partial charge in [-0.15, -0.1) is 0 Å². The molecular weight excluding hydrogens is 472 g/mol. The van der Waals surface area contributed by atoms with Gasteiger partial charge in [-0.25, -0.2) is 0 Å². The van der Waals surface area contributed by atoms with Gasteiger partial charge in [0.1, 0.15) is 13.2 Å². The summed E-state index contributed by atoms with van der Waals surface area (Å²) in [6.45, 7) is 12.1. The molecule has 0 aliphatic carbocycles. The molecule has 0 aliphatic rings. The maximum Gasteiger partial charge on any atom is 0.308 e. The molecule has 10 heteroatoms. The number of esters is 2. The van der Waals surface area contributed by atoms with E-state index >= 15 is 0 Å². The van der Waals surface area contributed by atoms with E-state index in [0.717, 1.165) is 32.1 Å². The van der Waals surface area contributed by atoms with E-state index in [-0.39, 0.29) is 31.1 Å². The van der Waals surface area contributed by atoms with Crippen molar-refractivity contribution in [3.8, 4) is 0 Å². The van der Waals surface area contributed by atoms with Gasteiger partial charge >= 0.3 is 11.9 Å². The Morgan fingerprint density at radius 2 is 0.917 bits per heavy atom. The first-order valence-corrected chi connectivity index (χ1v) is 13.4. The Labute approximate surface area is 217 Å². The lowest BCUT2D eigenvalue weighted by molar-refractivity contribution is -0.150. The Balaban J connectivity index is 3.21. The molecule has 0 aromatic carbocycles. The minimum Gasteiger partial charge on any atom is -0.463 e. The van der Waals surface area contributed by atoms with Crippen molar-refractivity contribution in [1.82, 2.24) is 0 Å². The topological polar surface area (TPSA) is 108 Å². The van der Waals surface area contributed by atoms with E-state index in [1.807, 2.05) is 13.8 Å². The SMILES string of the molecule is CCCCC(CC)C(=O)OCCOCCOCCOCCOCCOCCOCCOC(=O)CCC. The second kappa shape index (κ2) is 28.3. The molecule has 0 rings (SSSR count). The lowest BCUT2D eigenvalue weighted by atomic mass is 10.00. The summed E-state index contributed by atoms with van der Waals surface area (Å²) in [5.41, 5.74) is 0. The number of rotatable bonds is 28. The maximum absolute atomic E-state index is 12.0. The van der Waals surface area contributed by atoms with Crippen LogP contribution in [0.25, 0.3) is 0 Å². The second-order valence-corrected chi connectivity index (χ2v) is 8.06. The van der Waals surface area contributed by atoms with Crippen molar-refractivity contribution in [3.05, 3.63) is 0 Å². The van der Waals surface area contributed by atoms with Crippen LogP contribution in [0.2, 0.25) is 0 Å². The quantitative estimate of drug-likeness (QED) is 0.112. The summed E-state index contributed by atoms with van der Waals surface area (Å²) in [5.74, 6) is -0.311. The van der Waals surface area contributed by atoms with Crippen LogP contribution in [0.4, 0.5) is 0 Å². The van der Waals surface area contributed by atoms with Crippen molar-refractivity contribution in [2.24, 2.45) is 5.92 Å². The average Bonchev–Trinajstić information content (AvgIpc) is 2.87. The predicted octanol–water partition coefficient (Wildman–Crippen LogP) is 3.19. The molecule has 0 heterocycles. The number of carbonyl (C=O) groups excluding carboxylic acids is 2. The van der Waals surface area contributed by atoms with Gasteiger partial charge in [0.05, 0.1) is 85.2 Å². The van der Waals surface area contributed by atoms with Crippen molar-refractivity contribution < 1.29 is 47.5 Å². The number of ether oxygens (including phenoxy) is 8. The van der Waals surface area contributed by atoms with E-state index in [0.29, 0.717) is 85.7 Å². The monoisotopic (exact) mass is 522 g/mol. The summed E-state index contributed by atoms with van der Waals surface area (Å²) in [5, 5.41) is 0. The molecule has 0 spiro atoms.